The minimum atomic E-state index is 0. The van der Waals surface area contributed by atoms with E-state index in [0.29, 0.717) is 0 Å². The zero-order valence-electron chi connectivity index (χ0n) is 2.83. The van der Waals surface area contributed by atoms with Crippen molar-refractivity contribution in [2.75, 3.05) is 0 Å². The van der Waals surface area contributed by atoms with Gasteiger partial charge in [-0.25, -0.2) is 0 Å². The van der Waals surface area contributed by atoms with Crippen molar-refractivity contribution >= 4 is 9.90 Å². The van der Waals surface area contributed by atoms with Crippen LogP contribution < -0.4 is 0 Å². The van der Waals surface area contributed by atoms with Crippen molar-refractivity contribution in [3.63, 3.8) is 0 Å². The lowest BCUT2D eigenvalue weighted by Gasteiger charge is -1.05. The maximum absolute atomic E-state index is 1.50. The van der Waals surface area contributed by atoms with Crippen molar-refractivity contribution in [1.29, 1.82) is 0 Å². The number of hydrogen-bond acceptors (Lipinski definition) is 0. The van der Waals surface area contributed by atoms with E-state index in [-0.39, 0.29) is 9.90 Å². The third-order valence-electron chi connectivity index (χ3n) is 0.354. The van der Waals surface area contributed by atoms with E-state index in [4.69, 9.17) is 0 Å². The molecule has 1 aliphatic rings. The molecule has 0 saturated heterocycles. The smallest absolute Gasteiger partial charge is 0.0533 e. The summed E-state index contributed by atoms with van der Waals surface area (Å²) in [6.45, 7) is 0. The molecule has 4 heavy (non-hydrogen) atoms. The topological polar surface area (TPSA) is 0 Å². The van der Waals surface area contributed by atoms with Crippen LogP contribution in [-0.4, -0.2) is 0 Å². The fraction of sp³-hybridized carbons (Fsp3) is 1.00. The standard InChI is InChI=1S/C3H6.H3P/c1-2-3-1;/h1-3H2;1H3. The summed E-state index contributed by atoms with van der Waals surface area (Å²) in [6.07, 6.45) is 4.50. The molecule has 26 valence electrons. The van der Waals surface area contributed by atoms with Crippen LogP contribution >= 0.6 is 9.90 Å². The van der Waals surface area contributed by atoms with Gasteiger partial charge in [0, 0.05) is 0 Å². The Hall–Kier alpha value is 0.430. The Morgan fingerprint density at radius 3 is 1.00 bits per heavy atom. The fourth-order valence-corrected chi connectivity index (χ4v) is 0. The third-order valence-corrected chi connectivity index (χ3v) is 0.354. The molecule has 0 N–H and O–H groups in total. The van der Waals surface area contributed by atoms with E-state index in [1.54, 1.807) is 0 Å². The third kappa shape index (κ3) is 2.43. The molecule has 1 fully saturated rings. The monoisotopic (exact) mass is 76.0 g/mol. The Morgan fingerprint density at radius 1 is 0.750 bits per heavy atom. The summed E-state index contributed by atoms with van der Waals surface area (Å²) in [5.74, 6) is 0. The second-order valence-corrected chi connectivity index (χ2v) is 1.06. The van der Waals surface area contributed by atoms with Gasteiger partial charge in [0.1, 0.15) is 0 Å². The summed E-state index contributed by atoms with van der Waals surface area (Å²) in [5, 5.41) is 0. The van der Waals surface area contributed by atoms with Crippen molar-refractivity contribution in [1.82, 2.24) is 0 Å². The molecule has 0 nitrogen and oxygen atoms in total. The Morgan fingerprint density at radius 2 is 1.00 bits per heavy atom. The van der Waals surface area contributed by atoms with Crippen LogP contribution in [0.5, 0.6) is 0 Å². The van der Waals surface area contributed by atoms with Gasteiger partial charge < -0.3 is 0 Å². The van der Waals surface area contributed by atoms with E-state index in [1.807, 2.05) is 0 Å². The van der Waals surface area contributed by atoms with Crippen LogP contribution in [0.3, 0.4) is 0 Å². The lowest BCUT2D eigenvalue weighted by molar-refractivity contribution is 1.50. The van der Waals surface area contributed by atoms with Crippen LogP contribution in [0.4, 0.5) is 0 Å². The zero-order valence-corrected chi connectivity index (χ0v) is 4.24. The summed E-state index contributed by atoms with van der Waals surface area (Å²) in [6, 6.07) is 0. The van der Waals surface area contributed by atoms with Crippen LogP contribution in [-0.2, 0) is 0 Å². The molecule has 1 saturated carbocycles. The Labute approximate surface area is 30.2 Å². The molecule has 0 heterocycles. The summed E-state index contributed by atoms with van der Waals surface area (Å²) in [5.41, 5.74) is 0. The fourth-order valence-electron chi connectivity index (χ4n) is 0. The molecule has 0 spiro atoms. The highest BCUT2D eigenvalue weighted by molar-refractivity contribution is 6.92. The number of hydrogen-bond donors (Lipinski definition) is 0. The molecule has 1 heteroatoms. The Kier molecular flexibility index (Phi) is 1.91. The molecule has 1 unspecified atom stereocenters. The second kappa shape index (κ2) is 1.72. The SMILES string of the molecule is C1CC1.P. The van der Waals surface area contributed by atoms with Crippen molar-refractivity contribution in [2.45, 2.75) is 19.3 Å². The molecular formula is C3H9P. The molecule has 1 rings (SSSR count). The molecular weight excluding hydrogens is 67.0 g/mol. The van der Waals surface area contributed by atoms with Crippen molar-refractivity contribution in [3.8, 4) is 0 Å². The molecule has 0 aliphatic heterocycles. The van der Waals surface area contributed by atoms with Gasteiger partial charge in [0.25, 0.3) is 0 Å². The minimum Gasteiger partial charge on any atom is -0.153 e. The predicted octanol–water partition coefficient (Wildman–Crippen LogP) is 1.23. The molecule has 0 bridgehead atoms. The molecule has 1 aliphatic carbocycles. The van der Waals surface area contributed by atoms with Crippen LogP contribution in [0.1, 0.15) is 19.3 Å². The molecule has 0 aromatic heterocycles. The van der Waals surface area contributed by atoms with Gasteiger partial charge in [-0.2, -0.15) is 9.90 Å². The normalized spacial score (nSPS) is 18.0. The first kappa shape index (κ1) is 4.43. The van der Waals surface area contributed by atoms with Crippen molar-refractivity contribution in [2.24, 2.45) is 0 Å². The van der Waals surface area contributed by atoms with Gasteiger partial charge in [0.05, 0.1) is 0 Å². The van der Waals surface area contributed by atoms with E-state index >= 15 is 0 Å². The van der Waals surface area contributed by atoms with E-state index in [2.05, 4.69) is 0 Å². The van der Waals surface area contributed by atoms with Crippen molar-refractivity contribution in [3.05, 3.63) is 0 Å². The lowest BCUT2D eigenvalue weighted by atomic mass is 11.0. The average molecular weight is 76.1 g/mol. The molecule has 0 aromatic carbocycles. The van der Waals surface area contributed by atoms with Gasteiger partial charge >= 0.3 is 0 Å². The molecule has 0 radical (unpaired) electrons. The van der Waals surface area contributed by atoms with Gasteiger partial charge in [-0.05, 0) is 0 Å². The van der Waals surface area contributed by atoms with Gasteiger partial charge in [-0.3, -0.25) is 0 Å². The first-order chi connectivity index (χ1) is 1.50. The van der Waals surface area contributed by atoms with E-state index in [9.17, 15) is 0 Å². The summed E-state index contributed by atoms with van der Waals surface area (Å²) in [4.78, 5) is 0. The lowest BCUT2D eigenvalue weighted by Crippen LogP contribution is -0.856. The van der Waals surface area contributed by atoms with Gasteiger partial charge in [-0.15, -0.1) is 0 Å². The maximum Gasteiger partial charge on any atom is -0.0533 e. The first-order valence-electron chi connectivity index (χ1n) is 1.50. The summed E-state index contributed by atoms with van der Waals surface area (Å²) >= 11 is 0. The second-order valence-electron chi connectivity index (χ2n) is 1.06. The number of rotatable bonds is 0. The van der Waals surface area contributed by atoms with E-state index in [1.165, 1.54) is 19.3 Å². The van der Waals surface area contributed by atoms with Gasteiger partial charge in [0.15, 0.2) is 0 Å². The van der Waals surface area contributed by atoms with Gasteiger partial charge in [-0.1, -0.05) is 19.3 Å². The highest BCUT2D eigenvalue weighted by atomic mass is 31.0. The largest absolute Gasteiger partial charge is 0.153 e. The molecule has 0 aromatic rings. The van der Waals surface area contributed by atoms with Crippen molar-refractivity contribution < 1.29 is 0 Å². The summed E-state index contributed by atoms with van der Waals surface area (Å²) in [7, 11) is 0. The Balaban J connectivity index is 0.0000000900. The highest BCUT2D eigenvalue weighted by Crippen LogP contribution is 2.14. The van der Waals surface area contributed by atoms with E-state index in [0.717, 1.165) is 0 Å². The van der Waals surface area contributed by atoms with Crippen LogP contribution in [0.25, 0.3) is 0 Å². The average Bonchev–Trinajstić information content (AvgIpc) is 1.46. The highest BCUT2D eigenvalue weighted by Gasteiger charge is 1.95. The first-order valence-corrected chi connectivity index (χ1v) is 1.50. The molecule has 0 amide bonds. The Bertz CT molecular complexity index is 8.00. The summed E-state index contributed by atoms with van der Waals surface area (Å²) < 4.78 is 0. The molecule has 1 atom stereocenters. The quantitative estimate of drug-likeness (QED) is 0.381. The minimum absolute atomic E-state index is 0. The maximum atomic E-state index is 1.50. The zero-order chi connectivity index (χ0) is 2.12. The van der Waals surface area contributed by atoms with Crippen LogP contribution in [0.2, 0.25) is 0 Å². The van der Waals surface area contributed by atoms with E-state index < -0.39 is 0 Å². The van der Waals surface area contributed by atoms with Crippen LogP contribution in [0, 0.1) is 0 Å². The predicted molar refractivity (Wildman–Crippen MR) is 25.0 cm³/mol. The van der Waals surface area contributed by atoms with Crippen LogP contribution in [0.15, 0.2) is 0 Å². The van der Waals surface area contributed by atoms with Gasteiger partial charge in [0.2, 0.25) is 0 Å².